The molecular weight excluding hydrogens is 404 g/mol. The summed E-state index contributed by atoms with van der Waals surface area (Å²) in [5.41, 5.74) is 4.81. The van der Waals surface area contributed by atoms with Gasteiger partial charge in [-0.05, 0) is 18.2 Å². The van der Waals surface area contributed by atoms with Crippen molar-refractivity contribution in [2.75, 3.05) is 26.6 Å². The van der Waals surface area contributed by atoms with Crippen LogP contribution in [0.5, 0.6) is 17.2 Å². The van der Waals surface area contributed by atoms with Gasteiger partial charge in [0.15, 0.2) is 11.5 Å². The fourth-order valence-electron chi connectivity index (χ4n) is 3.89. The molecule has 0 aliphatic rings. The first-order valence-corrected chi connectivity index (χ1v) is 10.1. The molecule has 0 fully saturated rings. The summed E-state index contributed by atoms with van der Waals surface area (Å²) in [5.74, 6) is 2.32. The fraction of sp³-hybridized carbons (Fsp3) is 0.120. The Hall–Kier alpha value is -4.26. The highest BCUT2D eigenvalue weighted by atomic mass is 16.5. The number of hydrogen-bond acceptors (Lipinski definition) is 6. The predicted molar refractivity (Wildman–Crippen MR) is 126 cm³/mol. The van der Waals surface area contributed by atoms with Crippen molar-refractivity contribution in [1.82, 2.24) is 15.0 Å². The Bertz CT molecular complexity index is 1400. The van der Waals surface area contributed by atoms with Gasteiger partial charge in [-0.25, -0.2) is 9.97 Å². The molecule has 5 rings (SSSR count). The number of para-hydroxylation sites is 1. The van der Waals surface area contributed by atoms with E-state index >= 15 is 0 Å². The van der Waals surface area contributed by atoms with Crippen LogP contribution >= 0.6 is 0 Å². The molecule has 0 amide bonds. The number of benzene rings is 3. The SMILES string of the molecule is COc1cc(Nc2cc(-c3ccc4[nH]c5ccccc5c4c3)ncn2)cc(OC)c1OC. The summed E-state index contributed by atoms with van der Waals surface area (Å²) in [5, 5.41) is 5.66. The average Bonchev–Trinajstić information content (AvgIpc) is 3.21. The van der Waals surface area contributed by atoms with Gasteiger partial charge in [-0.3, -0.25) is 0 Å². The Morgan fingerprint density at radius 1 is 0.750 bits per heavy atom. The molecule has 0 saturated heterocycles. The maximum absolute atomic E-state index is 5.44. The second kappa shape index (κ2) is 8.11. The maximum Gasteiger partial charge on any atom is 0.203 e. The first kappa shape index (κ1) is 19.7. The zero-order valence-electron chi connectivity index (χ0n) is 18.0. The van der Waals surface area contributed by atoms with E-state index in [-0.39, 0.29) is 0 Å². The molecule has 2 aromatic heterocycles. The first-order chi connectivity index (χ1) is 15.7. The molecule has 5 aromatic rings. The topological polar surface area (TPSA) is 81.3 Å². The third-order valence-electron chi connectivity index (χ3n) is 5.41. The molecule has 0 radical (unpaired) electrons. The van der Waals surface area contributed by atoms with Crippen LogP contribution in [0.3, 0.4) is 0 Å². The lowest BCUT2D eigenvalue weighted by molar-refractivity contribution is 0.324. The number of fused-ring (bicyclic) bond motifs is 3. The lowest BCUT2D eigenvalue weighted by atomic mass is 10.1. The van der Waals surface area contributed by atoms with Crippen molar-refractivity contribution >= 4 is 33.3 Å². The molecular formula is C25H22N4O3. The molecule has 0 aliphatic heterocycles. The molecule has 7 heteroatoms. The minimum absolute atomic E-state index is 0.538. The third-order valence-corrected chi connectivity index (χ3v) is 5.41. The van der Waals surface area contributed by atoms with Crippen molar-refractivity contribution in [2.24, 2.45) is 0 Å². The van der Waals surface area contributed by atoms with E-state index < -0.39 is 0 Å². The van der Waals surface area contributed by atoms with Gasteiger partial charge in [0.2, 0.25) is 5.75 Å². The van der Waals surface area contributed by atoms with Crippen LogP contribution in [0.25, 0.3) is 33.1 Å². The number of nitrogens with one attached hydrogen (secondary N) is 2. The second-order valence-corrected chi connectivity index (χ2v) is 7.26. The summed E-state index contributed by atoms with van der Waals surface area (Å²) in [7, 11) is 4.75. The number of ether oxygens (including phenoxy) is 3. The molecule has 0 bridgehead atoms. The van der Waals surface area contributed by atoms with Gasteiger partial charge < -0.3 is 24.5 Å². The summed E-state index contributed by atoms with van der Waals surface area (Å²) in [4.78, 5) is 12.3. The Balaban J connectivity index is 1.51. The highest BCUT2D eigenvalue weighted by Gasteiger charge is 2.14. The zero-order chi connectivity index (χ0) is 22.1. The summed E-state index contributed by atoms with van der Waals surface area (Å²) in [6, 6.07) is 20.2. The van der Waals surface area contributed by atoms with E-state index in [1.54, 1.807) is 27.7 Å². The highest BCUT2D eigenvalue weighted by Crippen LogP contribution is 2.40. The van der Waals surface area contributed by atoms with Crippen molar-refractivity contribution in [1.29, 1.82) is 0 Å². The minimum atomic E-state index is 0.538. The van der Waals surface area contributed by atoms with Gasteiger partial charge in [0.25, 0.3) is 0 Å². The molecule has 3 aromatic carbocycles. The van der Waals surface area contributed by atoms with Crippen LogP contribution < -0.4 is 19.5 Å². The Morgan fingerprint density at radius 2 is 1.50 bits per heavy atom. The number of rotatable bonds is 6. The number of H-pyrrole nitrogens is 1. The van der Waals surface area contributed by atoms with Gasteiger partial charge in [-0.1, -0.05) is 24.3 Å². The zero-order valence-corrected chi connectivity index (χ0v) is 18.0. The number of aromatic amines is 1. The predicted octanol–water partition coefficient (Wildman–Crippen LogP) is 5.55. The Kier molecular flexibility index (Phi) is 4.99. The largest absolute Gasteiger partial charge is 0.493 e. The monoisotopic (exact) mass is 426 g/mol. The highest BCUT2D eigenvalue weighted by molar-refractivity contribution is 6.08. The Morgan fingerprint density at radius 3 is 2.25 bits per heavy atom. The molecule has 0 unspecified atom stereocenters. The standard InChI is InChI=1S/C25H22N4O3/c1-30-22-11-16(12-23(31-2)25(22)32-3)28-24-13-21(26-14-27-24)15-8-9-20-18(10-15)17-6-4-5-7-19(17)29-20/h4-14,29H,1-3H3,(H,26,27,28). The summed E-state index contributed by atoms with van der Waals surface area (Å²) < 4.78 is 16.3. The van der Waals surface area contributed by atoms with E-state index in [2.05, 4.69) is 50.6 Å². The van der Waals surface area contributed by atoms with Crippen LogP contribution in [0.4, 0.5) is 11.5 Å². The number of methoxy groups -OCH3 is 3. The van der Waals surface area contributed by atoms with Crippen LogP contribution in [0.1, 0.15) is 0 Å². The summed E-state index contributed by atoms with van der Waals surface area (Å²) >= 11 is 0. The van der Waals surface area contributed by atoms with Crippen molar-refractivity contribution < 1.29 is 14.2 Å². The van der Waals surface area contributed by atoms with E-state index in [1.165, 1.54) is 5.39 Å². The molecule has 7 nitrogen and oxygen atoms in total. The molecule has 0 aliphatic carbocycles. The molecule has 0 atom stereocenters. The van der Waals surface area contributed by atoms with E-state index in [9.17, 15) is 0 Å². The van der Waals surface area contributed by atoms with E-state index in [1.807, 2.05) is 30.3 Å². The van der Waals surface area contributed by atoms with Gasteiger partial charge in [-0.15, -0.1) is 0 Å². The molecule has 160 valence electrons. The molecule has 32 heavy (non-hydrogen) atoms. The second-order valence-electron chi connectivity index (χ2n) is 7.26. The number of nitrogens with zero attached hydrogens (tertiary/aromatic N) is 2. The molecule has 0 saturated carbocycles. The number of aromatic nitrogens is 3. The van der Waals surface area contributed by atoms with E-state index in [0.717, 1.165) is 33.4 Å². The quantitative estimate of drug-likeness (QED) is 0.371. The fourth-order valence-corrected chi connectivity index (χ4v) is 3.89. The first-order valence-electron chi connectivity index (χ1n) is 10.1. The van der Waals surface area contributed by atoms with Crippen LogP contribution in [-0.2, 0) is 0 Å². The summed E-state index contributed by atoms with van der Waals surface area (Å²) in [6.45, 7) is 0. The summed E-state index contributed by atoms with van der Waals surface area (Å²) in [6.07, 6.45) is 1.55. The van der Waals surface area contributed by atoms with E-state index in [0.29, 0.717) is 23.1 Å². The molecule has 2 N–H and O–H groups in total. The van der Waals surface area contributed by atoms with Crippen molar-refractivity contribution in [2.45, 2.75) is 0 Å². The van der Waals surface area contributed by atoms with Crippen molar-refractivity contribution in [3.63, 3.8) is 0 Å². The normalized spacial score (nSPS) is 11.0. The van der Waals surface area contributed by atoms with Crippen LogP contribution in [0.2, 0.25) is 0 Å². The van der Waals surface area contributed by atoms with Gasteiger partial charge in [0.1, 0.15) is 12.1 Å². The van der Waals surface area contributed by atoms with Crippen LogP contribution in [0, 0.1) is 0 Å². The lowest BCUT2D eigenvalue weighted by Gasteiger charge is -2.15. The van der Waals surface area contributed by atoms with Crippen molar-refractivity contribution in [3.05, 3.63) is 67.0 Å². The van der Waals surface area contributed by atoms with Crippen LogP contribution in [-0.4, -0.2) is 36.3 Å². The van der Waals surface area contributed by atoms with Gasteiger partial charge >= 0.3 is 0 Å². The van der Waals surface area contributed by atoms with E-state index in [4.69, 9.17) is 14.2 Å². The van der Waals surface area contributed by atoms with Crippen LogP contribution in [0.15, 0.2) is 67.0 Å². The average molecular weight is 426 g/mol. The number of anilines is 2. The maximum atomic E-state index is 5.44. The minimum Gasteiger partial charge on any atom is -0.493 e. The molecule has 2 heterocycles. The van der Waals surface area contributed by atoms with Gasteiger partial charge in [0, 0.05) is 51.3 Å². The smallest absolute Gasteiger partial charge is 0.203 e. The van der Waals surface area contributed by atoms with Gasteiger partial charge in [0.05, 0.1) is 27.0 Å². The molecule has 0 spiro atoms. The lowest BCUT2D eigenvalue weighted by Crippen LogP contribution is -1.99. The Labute approximate surface area is 185 Å². The van der Waals surface area contributed by atoms with Gasteiger partial charge in [-0.2, -0.15) is 0 Å². The van der Waals surface area contributed by atoms with Crippen molar-refractivity contribution in [3.8, 4) is 28.5 Å². The third kappa shape index (κ3) is 3.43. The number of hydrogen-bond donors (Lipinski definition) is 2.